The van der Waals surface area contributed by atoms with Gasteiger partial charge in [-0.05, 0) is 49.9 Å². The Hall–Kier alpha value is -2.71. The molecular formula is C25H31FN4O3. The molecule has 2 atom stereocenters. The van der Waals surface area contributed by atoms with Gasteiger partial charge in [0.15, 0.2) is 0 Å². The third-order valence-corrected chi connectivity index (χ3v) is 7.23. The highest BCUT2D eigenvalue weighted by molar-refractivity contribution is 6.00. The van der Waals surface area contributed by atoms with Gasteiger partial charge in [-0.3, -0.25) is 4.79 Å². The first-order valence-corrected chi connectivity index (χ1v) is 11.7. The van der Waals surface area contributed by atoms with Gasteiger partial charge in [0.05, 0.1) is 30.6 Å². The maximum absolute atomic E-state index is 14.4. The van der Waals surface area contributed by atoms with Crippen LogP contribution in [0.15, 0.2) is 36.5 Å². The number of pyridine rings is 1. The molecule has 1 N–H and O–H groups in total. The summed E-state index contributed by atoms with van der Waals surface area (Å²) in [5.74, 6) is 0.848. The van der Waals surface area contributed by atoms with Crippen LogP contribution in [0.2, 0.25) is 0 Å². The summed E-state index contributed by atoms with van der Waals surface area (Å²) < 4.78 is 25.1. The number of methoxy groups -OCH3 is 2. The van der Waals surface area contributed by atoms with Crippen molar-refractivity contribution in [3.8, 4) is 0 Å². The first kappa shape index (κ1) is 22.1. The average Bonchev–Trinajstić information content (AvgIpc) is 3.15. The Balaban J connectivity index is 1.48. The molecule has 7 nitrogen and oxygen atoms in total. The van der Waals surface area contributed by atoms with Crippen molar-refractivity contribution in [2.24, 2.45) is 5.92 Å². The van der Waals surface area contributed by atoms with Gasteiger partial charge in [0.25, 0.3) is 0 Å². The Kier molecular flexibility index (Phi) is 6.21. The molecule has 3 aliphatic rings. The van der Waals surface area contributed by atoms with Crippen LogP contribution in [0.25, 0.3) is 0 Å². The lowest BCUT2D eigenvalue weighted by Gasteiger charge is -2.32. The average molecular weight is 455 g/mol. The maximum atomic E-state index is 14.4. The molecule has 1 aromatic carbocycles. The van der Waals surface area contributed by atoms with Crippen LogP contribution in [0.3, 0.4) is 0 Å². The van der Waals surface area contributed by atoms with Gasteiger partial charge in [0.1, 0.15) is 18.1 Å². The van der Waals surface area contributed by atoms with E-state index in [1.807, 2.05) is 40.1 Å². The normalized spacial score (nSPS) is 26.9. The van der Waals surface area contributed by atoms with E-state index in [4.69, 9.17) is 9.47 Å². The number of hydrogen-bond donors (Lipinski definition) is 1. The molecule has 1 saturated carbocycles. The topological polar surface area (TPSA) is 66.9 Å². The van der Waals surface area contributed by atoms with E-state index in [9.17, 15) is 9.18 Å². The first-order chi connectivity index (χ1) is 16.1. The van der Waals surface area contributed by atoms with E-state index >= 15 is 0 Å². The molecule has 5 rings (SSSR count). The van der Waals surface area contributed by atoms with E-state index in [-0.39, 0.29) is 24.5 Å². The lowest BCUT2D eigenvalue weighted by atomic mass is 9.86. The van der Waals surface area contributed by atoms with Gasteiger partial charge in [0, 0.05) is 44.1 Å². The Morgan fingerprint density at radius 1 is 1.12 bits per heavy atom. The predicted molar refractivity (Wildman–Crippen MR) is 126 cm³/mol. The molecule has 0 bridgehead atoms. The van der Waals surface area contributed by atoms with Crippen molar-refractivity contribution in [2.45, 2.75) is 50.6 Å². The number of fused-ring (bicyclic) bond motifs is 2. The standard InChI is InChI=1S/C25H31FN4O3/c1-32-19-8-5-16(6-9-19)25(31)30-13-17-4-3-11-27-24(17)28-21-10-7-18(12-22(21)30)29-14-20(26)23(15-29)33-2/h3-4,7,10-12,16,19-20,23H,5-6,8-9,13-15H2,1-2H3,(H,27,28). The highest BCUT2D eigenvalue weighted by Crippen LogP contribution is 2.40. The second-order valence-electron chi connectivity index (χ2n) is 9.17. The minimum atomic E-state index is -1.03. The molecule has 2 fully saturated rings. The van der Waals surface area contributed by atoms with E-state index < -0.39 is 12.3 Å². The van der Waals surface area contributed by atoms with Crippen LogP contribution < -0.4 is 15.1 Å². The summed E-state index contributed by atoms with van der Waals surface area (Å²) in [4.78, 5) is 22.2. The number of nitrogens with zero attached hydrogens (tertiary/aromatic N) is 3. The van der Waals surface area contributed by atoms with Gasteiger partial charge in [-0.2, -0.15) is 0 Å². The predicted octanol–water partition coefficient (Wildman–Crippen LogP) is 4.05. The number of amides is 1. The maximum Gasteiger partial charge on any atom is 0.230 e. The van der Waals surface area contributed by atoms with Crippen LogP contribution >= 0.6 is 0 Å². The summed E-state index contributed by atoms with van der Waals surface area (Å²) in [5.41, 5.74) is 3.49. The molecule has 176 valence electrons. The second kappa shape index (κ2) is 9.27. The summed E-state index contributed by atoms with van der Waals surface area (Å²) in [6.07, 6.45) is 3.95. The van der Waals surface area contributed by atoms with Gasteiger partial charge in [-0.25, -0.2) is 9.37 Å². The molecule has 8 heteroatoms. The van der Waals surface area contributed by atoms with Crippen molar-refractivity contribution < 1.29 is 18.7 Å². The second-order valence-corrected chi connectivity index (χ2v) is 9.17. The fourth-order valence-corrected chi connectivity index (χ4v) is 5.24. The minimum Gasteiger partial charge on any atom is -0.381 e. The summed E-state index contributed by atoms with van der Waals surface area (Å²) >= 11 is 0. The van der Waals surface area contributed by atoms with Gasteiger partial charge in [-0.15, -0.1) is 0 Å². The number of anilines is 4. The number of carbonyl (C=O) groups is 1. The van der Waals surface area contributed by atoms with Crippen molar-refractivity contribution >= 4 is 28.8 Å². The Morgan fingerprint density at radius 3 is 2.67 bits per heavy atom. The molecule has 2 aliphatic heterocycles. The quantitative estimate of drug-likeness (QED) is 0.752. The van der Waals surface area contributed by atoms with Crippen LogP contribution in [0.1, 0.15) is 31.2 Å². The molecule has 33 heavy (non-hydrogen) atoms. The molecule has 3 heterocycles. The van der Waals surface area contributed by atoms with Crippen molar-refractivity contribution in [3.63, 3.8) is 0 Å². The van der Waals surface area contributed by atoms with E-state index in [1.165, 1.54) is 0 Å². The Morgan fingerprint density at radius 2 is 1.94 bits per heavy atom. The van der Waals surface area contributed by atoms with Crippen molar-refractivity contribution in [3.05, 3.63) is 42.1 Å². The van der Waals surface area contributed by atoms with E-state index in [0.29, 0.717) is 13.1 Å². The van der Waals surface area contributed by atoms with Crippen LogP contribution in [0.5, 0.6) is 0 Å². The number of alkyl halides is 1. The SMILES string of the molecule is COC1CCC(C(=O)N2Cc3cccnc3Nc3ccc(N4CC(F)C(OC)C4)cc32)CC1. The zero-order valence-corrected chi connectivity index (χ0v) is 19.2. The molecule has 2 aromatic rings. The van der Waals surface area contributed by atoms with E-state index in [2.05, 4.69) is 10.3 Å². The molecule has 0 radical (unpaired) electrons. The monoisotopic (exact) mass is 454 g/mol. The van der Waals surface area contributed by atoms with Crippen LogP contribution in [0.4, 0.5) is 27.3 Å². The lowest BCUT2D eigenvalue weighted by molar-refractivity contribution is -0.124. The molecule has 0 spiro atoms. The van der Waals surface area contributed by atoms with Crippen molar-refractivity contribution in [1.82, 2.24) is 4.98 Å². The Labute approximate surface area is 193 Å². The Bertz CT molecular complexity index is 1010. The third kappa shape index (κ3) is 4.29. The summed E-state index contributed by atoms with van der Waals surface area (Å²) in [6.45, 7) is 1.21. The number of ether oxygens (including phenoxy) is 2. The number of rotatable bonds is 4. The number of carbonyl (C=O) groups excluding carboxylic acids is 1. The summed E-state index contributed by atoms with van der Waals surface area (Å²) in [6, 6.07) is 9.82. The number of benzene rings is 1. The molecule has 2 unspecified atom stereocenters. The van der Waals surface area contributed by atoms with Crippen LogP contribution in [-0.4, -0.2) is 56.6 Å². The number of hydrogen-bond acceptors (Lipinski definition) is 6. The molecule has 1 amide bonds. The van der Waals surface area contributed by atoms with Crippen LogP contribution in [0, 0.1) is 5.92 Å². The van der Waals surface area contributed by atoms with Gasteiger partial charge in [-0.1, -0.05) is 6.07 Å². The molecule has 1 saturated heterocycles. The summed E-state index contributed by atoms with van der Waals surface area (Å²) in [5, 5.41) is 3.41. The minimum absolute atomic E-state index is 0.0361. The van der Waals surface area contributed by atoms with Crippen molar-refractivity contribution in [2.75, 3.05) is 42.4 Å². The first-order valence-electron chi connectivity index (χ1n) is 11.7. The van der Waals surface area contributed by atoms with Crippen LogP contribution in [-0.2, 0) is 20.8 Å². The summed E-state index contributed by atoms with van der Waals surface area (Å²) in [7, 11) is 3.29. The fraction of sp³-hybridized carbons (Fsp3) is 0.520. The highest BCUT2D eigenvalue weighted by atomic mass is 19.1. The van der Waals surface area contributed by atoms with Gasteiger partial charge < -0.3 is 24.6 Å². The number of halogens is 1. The zero-order valence-electron chi connectivity index (χ0n) is 19.2. The number of nitrogens with one attached hydrogen (secondary N) is 1. The fourth-order valence-electron chi connectivity index (χ4n) is 5.24. The van der Waals surface area contributed by atoms with Gasteiger partial charge in [0.2, 0.25) is 5.91 Å². The molecular weight excluding hydrogens is 423 g/mol. The number of aromatic nitrogens is 1. The zero-order chi connectivity index (χ0) is 22.9. The van der Waals surface area contributed by atoms with Crippen molar-refractivity contribution in [1.29, 1.82) is 0 Å². The van der Waals surface area contributed by atoms with E-state index in [1.54, 1.807) is 20.4 Å². The van der Waals surface area contributed by atoms with Gasteiger partial charge >= 0.3 is 0 Å². The largest absolute Gasteiger partial charge is 0.381 e. The van der Waals surface area contributed by atoms with E-state index in [0.717, 1.165) is 54.1 Å². The highest BCUT2D eigenvalue weighted by Gasteiger charge is 2.35. The molecule has 1 aliphatic carbocycles. The smallest absolute Gasteiger partial charge is 0.230 e. The lowest BCUT2D eigenvalue weighted by Crippen LogP contribution is -2.38. The molecule has 1 aromatic heterocycles. The third-order valence-electron chi connectivity index (χ3n) is 7.23.